The van der Waals surface area contributed by atoms with Crippen molar-refractivity contribution in [3.05, 3.63) is 0 Å². The Morgan fingerprint density at radius 3 is 2.87 bits per heavy atom. The molecule has 1 saturated carbocycles. The Balaban J connectivity index is 2.35. The fraction of sp³-hybridized carbons (Fsp3) is 0.800. The first-order chi connectivity index (χ1) is 7.19. The van der Waals surface area contributed by atoms with Crippen molar-refractivity contribution in [3.8, 4) is 6.19 Å². The molecule has 1 aliphatic carbocycles. The number of nitrogens with zero attached hydrogens (tertiary/aromatic N) is 3. The van der Waals surface area contributed by atoms with Crippen molar-refractivity contribution >= 4 is 16.9 Å². The second-order valence-corrected chi connectivity index (χ2v) is 4.63. The summed E-state index contributed by atoms with van der Waals surface area (Å²) in [6, 6.07) is 1.21. The number of rotatable bonds is 4. The monoisotopic (exact) mass is 226 g/mol. The Hall–Kier alpha value is -0.730. The van der Waals surface area contributed by atoms with Crippen molar-refractivity contribution in [2.45, 2.75) is 31.8 Å². The molecule has 0 spiro atoms. The number of likely N-dealkylation sites (N-methyl/N-ethyl adjacent to an activating group) is 1. The smallest absolute Gasteiger partial charge is 0.183 e. The van der Waals surface area contributed by atoms with E-state index < -0.39 is 0 Å². The maximum Gasteiger partial charge on any atom is 0.183 e. The van der Waals surface area contributed by atoms with Crippen molar-refractivity contribution in [2.75, 3.05) is 19.8 Å². The van der Waals surface area contributed by atoms with Gasteiger partial charge in [0.1, 0.15) is 0 Å². The molecule has 4 nitrogen and oxygen atoms in total. The molecule has 1 atom stereocenters. The van der Waals surface area contributed by atoms with Crippen LogP contribution >= 0.6 is 11.8 Å². The van der Waals surface area contributed by atoms with Gasteiger partial charge in [0.15, 0.2) is 11.4 Å². The van der Waals surface area contributed by atoms with Crippen LogP contribution in [-0.4, -0.2) is 42.0 Å². The van der Waals surface area contributed by atoms with Crippen LogP contribution in [0.4, 0.5) is 0 Å². The summed E-state index contributed by atoms with van der Waals surface area (Å²) >= 11 is 1.47. The molecule has 1 aliphatic rings. The van der Waals surface area contributed by atoms with Crippen LogP contribution in [-0.2, 0) is 0 Å². The van der Waals surface area contributed by atoms with E-state index in [2.05, 4.69) is 29.2 Å². The zero-order chi connectivity index (χ0) is 11.3. The summed E-state index contributed by atoms with van der Waals surface area (Å²) in [5.74, 6) is 0. The van der Waals surface area contributed by atoms with Gasteiger partial charge in [0, 0.05) is 12.1 Å². The Morgan fingerprint density at radius 1 is 1.73 bits per heavy atom. The molecule has 15 heavy (non-hydrogen) atoms. The molecule has 0 heterocycles. The third-order valence-corrected chi connectivity index (χ3v) is 3.29. The van der Waals surface area contributed by atoms with Gasteiger partial charge >= 0.3 is 0 Å². The second kappa shape index (κ2) is 5.99. The first-order valence-electron chi connectivity index (χ1n) is 5.14. The number of aliphatic imine (C=N–C) groups is 1. The van der Waals surface area contributed by atoms with Gasteiger partial charge in [-0.3, -0.25) is 15.2 Å². The number of thioether (sulfide) groups is 1. The molecule has 0 amide bonds. The minimum Gasteiger partial charge on any atom is -0.299 e. The van der Waals surface area contributed by atoms with E-state index >= 15 is 0 Å². The van der Waals surface area contributed by atoms with Crippen LogP contribution in [0, 0.1) is 11.5 Å². The highest BCUT2D eigenvalue weighted by molar-refractivity contribution is 8.13. The fourth-order valence-electron chi connectivity index (χ4n) is 1.39. The van der Waals surface area contributed by atoms with E-state index in [0.29, 0.717) is 11.2 Å². The Bertz CT molecular complexity index is 267. The summed E-state index contributed by atoms with van der Waals surface area (Å²) in [7, 11) is 2.15. The van der Waals surface area contributed by atoms with Crippen LogP contribution < -0.4 is 5.32 Å². The molecule has 84 valence electrons. The lowest BCUT2D eigenvalue weighted by Gasteiger charge is -2.22. The maximum atomic E-state index is 8.47. The van der Waals surface area contributed by atoms with E-state index in [4.69, 9.17) is 5.26 Å². The maximum absolute atomic E-state index is 8.47. The van der Waals surface area contributed by atoms with E-state index in [1.165, 1.54) is 24.6 Å². The van der Waals surface area contributed by atoms with Crippen molar-refractivity contribution in [1.29, 1.82) is 5.26 Å². The van der Waals surface area contributed by atoms with Gasteiger partial charge in [0.05, 0.1) is 6.54 Å². The molecule has 0 saturated heterocycles. The highest BCUT2D eigenvalue weighted by Gasteiger charge is 2.28. The third-order valence-electron chi connectivity index (χ3n) is 2.67. The lowest BCUT2D eigenvalue weighted by molar-refractivity contribution is 0.253. The quantitative estimate of drug-likeness (QED) is 0.339. The average Bonchev–Trinajstić information content (AvgIpc) is 3.06. The topological polar surface area (TPSA) is 51.4 Å². The predicted molar refractivity (Wildman–Crippen MR) is 64.8 cm³/mol. The van der Waals surface area contributed by atoms with Crippen molar-refractivity contribution in [3.63, 3.8) is 0 Å². The van der Waals surface area contributed by atoms with Gasteiger partial charge < -0.3 is 0 Å². The van der Waals surface area contributed by atoms with E-state index in [0.717, 1.165) is 12.6 Å². The molecule has 1 N–H and O–H groups in total. The first-order valence-corrected chi connectivity index (χ1v) is 6.37. The zero-order valence-electron chi connectivity index (χ0n) is 9.53. The molecular formula is C10H18N4S. The number of hydrogen-bond donors (Lipinski definition) is 1. The average molecular weight is 226 g/mol. The molecule has 1 unspecified atom stereocenters. The van der Waals surface area contributed by atoms with Crippen LogP contribution in [0.1, 0.15) is 19.8 Å². The molecular weight excluding hydrogens is 208 g/mol. The Labute approximate surface area is 95.7 Å². The van der Waals surface area contributed by atoms with Crippen LogP contribution in [0.2, 0.25) is 0 Å². The van der Waals surface area contributed by atoms with Crippen LogP contribution in [0.3, 0.4) is 0 Å². The molecule has 0 bridgehead atoms. The van der Waals surface area contributed by atoms with Crippen molar-refractivity contribution < 1.29 is 0 Å². The second-order valence-electron chi connectivity index (χ2n) is 3.83. The number of hydrogen-bond acceptors (Lipinski definition) is 4. The summed E-state index contributed by atoms with van der Waals surface area (Å²) in [5, 5.41) is 11.7. The SMILES string of the molecule is CSC(=NCC(C)N(C)C1CC1)NC#N. The summed E-state index contributed by atoms with van der Waals surface area (Å²) in [6.45, 7) is 2.92. The molecule has 0 radical (unpaired) electrons. The molecule has 0 aromatic heterocycles. The molecule has 0 aromatic carbocycles. The van der Waals surface area contributed by atoms with Gasteiger partial charge in [-0.05, 0) is 33.1 Å². The lowest BCUT2D eigenvalue weighted by Crippen LogP contribution is -2.33. The van der Waals surface area contributed by atoms with E-state index in [-0.39, 0.29) is 0 Å². The minimum absolute atomic E-state index is 0.445. The number of nitriles is 1. The molecule has 1 rings (SSSR count). The number of nitrogens with one attached hydrogen (secondary N) is 1. The summed E-state index contributed by atoms with van der Waals surface area (Å²) in [4.78, 5) is 6.74. The molecule has 1 fully saturated rings. The fourth-order valence-corrected chi connectivity index (χ4v) is 1.74. The van der Waals surface area contributed by atoms with Gasteiger partial charge in [-0.2, -0.15) is 5.26 Å². The highest BCUT2D eigenvalue weighted by atomic mass is 32.2. The summed E-state index contributed by atoms with van der Waals surface area (Å²) < 4.78 is 0. The van der Waals surface area contributed by atoms with Crippen molar-refractivity contribution in [1.82, 2.24) is 10.2 Å². The largest absolute Gasteiger partial charge is 0.299 e. The minimum atomic E-state index is 0.445. The summed E-state index contributed by atoms with van der Waals surface area (Å²) in [5.41, 5.74) is 0. The predicted octanol–water partition coefficient (Wildman–Crippen LogP) is 1.26. The zero-order valence-corrected chi connectivity index (χ0v) is 10.3. The van der Waals surface area contributed by atoms with E-state index in [1.807, 2.05) is 12.4 Å². The Kier molecular flexibility index (Phi) is 4.92. The third kappa shape index (κ3) is 4.10. The van der Waals surface area contributed by atoms with Gasteiger partial charge in [0.2, 0.25) is 0 Å². The first kappa shape index (κ1) is 12.3. The van der Waals surface area contributed by atoms with Crippen molar-refractivity contribution in [2.24, 2.45) is 4.99 Å². The molecule has 0 aromatic rings. The van der Waals surface area contributed by atoms with Gasteiger partial charge in [-0.15, -0.1) is 0 Å². The summed E-state index contributed by atoms with van der Waals surface area (Å²) in [6.07, 6.45) is 6.44. The molecule has 5 heteroatoms. The lowest BCUT2D eigenvalue weighted by atomic mass is 10.3. The number of amidine groups is 1. The Morgan fingerprint density at radius 2 is 2.40 bits per heavy atom. The van der Waals surface area contributed by atoms with Gasteiger partial charge in [-0.25, -0.2) is 0 Å². The normalized spacial score (nSPS) is 18.7. The van der Waals surface area contributed by atoms with Gasteiger partial charge in [0.25, 0.3) is 0 Å². The standard InChI is InChI=1S/C10H18N4S/c1-8(14(2)9-4-5-9)6-12-10(15-3)13-7-11/h8-9H,4-6H2,1-3H3,(H,12,13). The van der Waals surface area contributed by atoms with Crippen LogP contribution in [0.15, 0.2) is 4.99 Å². The van der Waals surface area contributed by atoms with Crippen LogP contribution in [0.25, 0.3) is 0 Å². The highest BCUT2D eigenvalue weighted by Crippen LogP contribution is 2.26. The van der Waals surface area contributed by atoms with E-state index in [9.17, 15) is 0 Å². The van der Waals surface area contributed by atoms with E-state index in [1.54, 1.807) is 0 Å². The molecule has 0 aliphatic heterocycles. The van der Waals surface area contributed by atoms with Crippen LogP contribution in [0.5, 0.6) is 0 Å². The van der Waals surface area contributed by atoms with Gasteiger partial charge in [-0.1, -0.05) is 11.8 Å².